The molecule has 1 amide bonds. The number of benzene rings is 2. The Morgan fingerprint density at radius 2 is 1.74 bits per heavy atom. The lowest BCUT2D eigenvalue weighted by atomic mass is 10.1. The molecule has 0 bridgehead atoms. The third-order valence-corrected chi connectivity index (χ3v) is 5.01. The van der Waals surface area contributed by atoms with Gasteiger partial charge in [0.25, 0.3) is 0 Å². The summed E-state index contributed by atoms with van der Waals surface area (Å²) in [6.07, 6.45) is 6.33. The zero-order valence-corrected chi connectivity index (χ0v) is 16.2. The highest BCUT2D eigenvalue weighted by atomic mass is 16.5. The minimum Gasteiger partial charge on any atom is -0.487 e. The van der Waals surface area contributed by atoms with E-state index in [9.17, 15) is 4.79 Å². The zero-order chi connectivity index (χ0) is 18.9. The summed E-state index contributed by atoms with van der Waals surface area (Å²) in [5.41, 5.74) is 3.10. The molecule has 1 saturated heterocycles. The Bertz CT molecular complexity index is 722. The van der Waals surface area contributed by atoms with Crippen molar-refractivity contribution < 1.29 is 9.53 Å². The number of likely N-dealkylation sites (tertiary alicyclic amines) is 1. The van der Waals surface area contributed by atoms with Crippen LogP contribution in [0.3, 0.4) is 0 Å². The maximum atomic E-state index is 11.6. The molecule has 1 aliphatic heterocycles. The van der Waals surface area contributed by atoms with Crippen LogP contribution in [0.4, 0.5) is 5.69 Å². The molecule has 4 heteroatoms. The monoisotopic (exact) mass is 366 g/mol. The van der Waals surface area contributed by atoms with Crippen LogP contribution in [0, 0.1) is 0 Å². The van der Waals surface area contributed by atoms with Crippen molar-refractivity contribution in [1.29, 1.82) is 0 Å². The van der Waals surface area contributed by atoms with E-state index in [1.807, 2.05) is 36.4 Å². The number of anilines is 1. The number of nitrogens with zero attached hydrogens (tertiary/aromatic N) is 1. The molecule has 0 saturated carbocycles. The predicted molar refractivity (Wildman–Crippen MR) is 110 cm³/mol. The molecule has 4 nitrogen and oxygen atoms in total. The highest BCUT2D eigenvalue weighted by Gasteiger charge is 2.11. The zero-order valence-electron chi connectivity index (χ0n) is 16.2. The van der Waals surface area contributed by atoms with Gasteiger partial charge >= 0.3 is 0 Å². The van der Waals surface area contributed by atoms with Crippen LogP contribution in [0.25, 0.3) is 0 Å². The Hall–Kier alpha value is -2.33. The van der Waals surface area contributed by atoms with Gasteiger partial charge in [0.05, 0.1) is 5.69 Å². The number of ether oxygens (including phenoxy) is 1. The van der Waals surface area contributed by atoms with Crippen molar-refractivity contribution in [1.82, 2.24) is 4.90 Å². The molecule has 27 heavy (non-hydrogen) atoms. The molecule has 3 rings (SSSR count). The minimum absolute atomic E-state index is 0.0794. The number of hydrogen-bond donors (Lipinski definition) is 1. The Morgan fingerprint density at radius 3 is 2.44 bits per heavy atom. The van der Waals surface area contributed by atoms with Crippen LogP contribution in [0.15, 0.2) is 48.5 Å². The fourth-order valence-electron chi connectivity index (χ4n) is 3.53. The number of carbonyl (C=O) groups excluding carboxylic acids is 1. The van der Waals surface area contributed by atoms with Gasteiger partial charge in [-0.1, -0.05) is 49.2 Å². The lowest BCUT2D eigenvalue weighted by Crippen LogP contribution is -2.27. The normalized spacial score (nSPS) is 15.1. The average Bonchev–Trinajstić information content (AvgIpc) is 2.95. The first kappa shape index (κ1) is 19.4. The van der Waals surface area contributed by atoms with E-state index >= 15 is 0 Å². The summed E-state index contributed by atoms with van der Waals surface area (Å²) >= 11 is 0. The van der Waals surface area contributed by atoms with Gasteiger partial charge in [-0.15, -0.1) is 0 Å². The number of carbonyl (C=O) groups is 1. The summed E-state index contributed by atoms with van der Waals surface area (Å²) in [4.78, 5) is 14.2. The molecule has 1 N–H and O–H groups in total. The number of nitrogens with one attached hydrogen (secondary N) is 1. The molecule has 0 unspecified atom stereocenters. The average molecular weight is 367 g/mol. The van der Waals surface area contributed by atoms with Gasteiger partial charge in [0, 0.05) is 13.5 Å². The van der Waals surface area contributed by atoms with Crippen LogP contribution >= 0.6 is 0 Å². The molecular weight excluding hydrogens is 336 g/mol. The van der Waals surface area contributed by atoms with E-state index in [0.717, 1.165) is 24.2 Å². The molecular formula is C23H30N2O2. The standard InChI is InChI=1S/C23H30N2O2/c1-19(26)24-22-17-20(13-16-25-14-7-2-3-8-15-25)11-12-23(22)27-18-21-9-5-4-6-10-21/h4-6,9-12,17H,2-3,7-8,13-16,18H2,1H3,(H,24,26). The van der Waals surface area contributed by atoms with Crippen molar-refractivity contribution in [2.24, 2.45) is 0 Å². The summed E-state index contributed by atoms with van der Waals surface area (Å²) in [6, 6.07) is 16.2. The highest BCUT2D eigenvalue weighted by molar-refractivity contribution is 5.90. The van der Waals surface area contributed by atoms with Gasteiger partial charge < -0.3 is 15.0 Å². The number of rotatable bonds is 7. The Kier molecular flexibility index (Phi) is 7.28. The Morgan fingerprint density at radius 1 is 1.00 bits per heavy atom. The van der Waals surface area contributed by atoms with E-state index in [-0.39, 0.29) is 5.91 Å². The third kappa shape index (κ3) is 6.40. The first-order chi connectivity index (χ1) is 13.2. The third-order valence-electron chi connectivity index (χ3n) is 5.01. The Labute approximate surface area is 162 Å². The molecule has 1 heterocycles. The van der Waals surface area contributed by atoms with Crippen molar-refractivity contribution in [3.63, 3.8) is 0 Å². The van der Waals surface area contributed by atoms with Gasteiger partial charge in [0.15, 0.2) is 0 Å². The summed E-state index contributed by atoms with van der Waals surface area (Å²) in [6.45, 7) is 5.50. The van der Waals surface area contributed by atoms with Crippen LogP contribution in [-0.4, -0.2) is 30.4 Å². The quantitative estimate of drug-likeness (QED) is 0.776. The van der Waals surface area contributed by atoms with Crippen molar-refractivity contribution in [2.45, 2.75) is 45.6 Å². The maximum absolute atomic E-state index is 11.6. The second kappa shape index (κ2) is 10.1. The van der Waals surface area contributed by atoms with Crippen molar-refractivity contribution in [3.05, 3.63) is 59.7 Å². The molecule has 2 aromatic carbocycles. The largest absolute Gasteiger partial charge is 0.487 e. The summed E-state index contributed by atoms with van der Waals surface area (Å²) in [7, 11) is 0. The first-order valence-electron chi connectivity index (χ1n) is 10.0. The van der Waals surface area contributed by atoms with Gasteiger partial charge in [-0.05, 0) is 55.6 Å². The molecule has 1 fully saturated rings. The lowest BCUT2D eigenvalue weighted by molar-refractivity contribution is -0.114. The van der Waals surface area contributed by atoms with Crippen LogP contribution in [0.5, 0.6) is 5.75 Å². The Balaban J connectivity index is 1.64. The lowest BCUT2D eigenvalue weighted by Gasteiger charge is -2.20. The number of amides is 1. The molecule has 144 valence electrons. The molecule has 0 atom stereocenters. The van der Waals surface area contributed by atoms with Crippen LogP contribution in [-0.2, 0) is 17.8 Å². The predicted octanol–water partition coefficient (Wildman–Crippen LogP) is 4.64. The minimum atomic E-state index is -0.0794. The second-order valence-corrected chi connectivity index (χ2v) is 7.29. The van der Waals surface area contributed by atoms with Crippen LogP contribution in [0.2, 0.25) is 0 Å². The van der Waals surface area contributed by atoms with E-state index in [4.69, 9.17) is 4.74 Å². The molecule has 1 aliphatic rings. The first-order valence-corrected chi connectivity index (χ1v) is 10.0. The fourth-order valence-corrected chi connectivity index (χ4v) is 3.53. The van der Waals surface area contributed by atoms with Crippen LogP contribution < -0.4 is 10.1 Å². The fraction of sp³-hybridized carbons (Fsp3) is 0.435. The second-order valence-electron chi connectivity index (χ2n) is 7.29. The summed E-state index contributed by atoms with van der Waals surface area (Å²) in [5.74, 6) is 0.636. The molecule has 2 aromatic rings. The summed E-state index contributed by atoms with van der Waals surface area (Å²) in [5, 5.41) is 2.92. The topological polar surface area (TPSA) is 41.6 Å². The number of hydrogen-bond acceptors (Lipinski definition) is 3. The molecule has 0 radical (unpaired) electrons. The van der Waals surface area contributed by atoms with Crippen molar-refractivity contribution in [2.75, 3.05) is 25.0 Å². The van der Waals surface area contributed by atoms with Gasteiger partial charge in [-0.3, -0.25) is 4.79 Å². The molecule has 0 aromatic heterocycles. The van der Waals surface area contributed by atoms with E-state index in [1.54, 1.807) is 0 Å². The maximum Gasteiger partial charge on any atom is 0.221 e. The summed E-state index contributed by atoms with van der Waals surface area (Å²) < 4.78 is 5.96. The van der Waals surface area contributed by atoms with Gasteiger partial charge in [-0.2, -0.15) is 0 Å². The van der Waals surface area contributed by atoms with Gasteiger partial charge in [0.1, 0.15) is 12.4 Å². The molecule has 0 spiro atoms. The SMILES string of the molecule is CC(=O)Nc1cc(CCN2CCCCCC2)ccc1OCc1ccccc1. The van der Waals surface area contributed by atoms with Crippen molar-refractivity contribution >= 4 is 11.6 Å². The highest BCUT2D eigenvalue weighted by Crippen LogP contribution is 2.27. The van der Waals surface area contributed by atoms with E-state index in [1.165, 1.54) is 51.3 Å². The van der Waals surface area contributed by atoms with E-state index in [0.29, 0.717) is 12.4 Å². The van der Waals surface area contributed by atoms with E-state index in [2.05, 4.69) is 22.3 Å². The molecule has 0 aliphatic carbocycles. The van der Waals surface area contributed by atoms with Gasteiger partial charge in [-0.25, -0.2) is 0 Å². The van der Waals surface area contributed by atoms with Gasteiger partial charge in [0.2, 0.25) is 5.91 Å². The van der Waals surface area contributed by atoms with Crippen LogP contribution in [0.1, 0.15) is 43.7 Å². The van der Waals surface area contributed by atoms with Crippen molar-refractivity contribution in [3.8, 4) is 5.75 Å². The smallest absolute Gasteiger partial charge is 0.221 e. The van der Waals surface area contributed by atoms with E-state index < -0.39 is 0 Å².